The van der Waals surface area contributed by atoms with Crippen LogP contribution in [0, 0.1) is 17.3 Å². The fourth-order valence-corrected chi connectivity index (χ4v) is 12.2. The molecule has 5 heterocycles. The van der Waals surface area contributed by atoms with Gasteiger partial charge in [-0.2, -0.15) is 13.2 Å². The smallest absolute Gasteiger partial charge is 0.386 e. The minimum atomic E-state index is -4.69. The van der Waals surface area contributed by atoms with Crippen molar-refractivity contribution in [3.05, 3.63) is 81.6 Å². The summed E-state index contributed by atoms with van der Waals surface area (Å²) in [6.45, 7) is 7.22. The summed E-state index contributed by atoms with van der Waals surface area (Å²) in [5, 5.41) is 20.4. The molecule has 4 N–H and O–H groups in total. The van der Waals surface area contributed by atoms with Crippen LogP contribution in [-0.2, 0) is 21.4 Å². The van der Waals surface area contributed by atoms with Crippen molar-refractivity contribution in [2.75, 3.05) is 36.8 Å². The maximum absolute atomic E-state index is 13.5. The van der Waals surface area contributed by atoms with E-state index in [4.69, 9.17) is 4.98 Å². The molecule has 0 bridgehead atoms. The van der Waals surface area contributed by atoms with E-state index in [9.17, 15) is 42.3 Å². The molecule has 2 aliphatic carbocycles. The normalized spacial score (nSPS) is 23.1. The third-order valence-electron chi connectivity index (χ3n) is 14.9. The zero-order valence-electron chi connectivity index (χ0n) is 37.3. The Bertz CT molecular complexity index is 2550. The summed E-state index contributed by atoms with van der Waals surface area (Å²) in [7, 11) is 0. The van der Waals surface area contributed by atoms with Crippen molar-refractivity contribution in [2.45, 2.75) is 121 Å². The first kappa shape index (κ1) is 45.9. The highest BCUT2D eigenvalue weighted by molar-refractivity contribution is 7.18. The van der Waals surface area contributed by atoms with E-state index >= 15 is 0 Å². The van der Waals surface area contributed by atoms with Crippen molar-refractivity contribution < 1.29 is 42.3 Å². The number of nitrogens with zero attached hydrogens (tertiary/aromatic N) is 4. The van der Waals surface area contributed by atoms with E-state index in [1.54, 1.807) is 49.4 Å². The number of carbonyl (C=O) groups is 5. The van der Waals surface area contributed by atoms with Gasteiger partial charge in [0.2, 0.25) is 11.8 Å². The number of aromatic nitrogens is 2. The molecular formula is C49H56F3N7O6S. The van der Waals surface area contributed by atoms with Crippen molar-refractivity contribution in [1.29, 1.82) is 0 Å². The molecule has 4 fully saturated rings. The SMILES string of the molecule is CC(C)(O)c1cc2nc(C3CCC(CN4CCC5(CCC(CCNc6cccc7c6C(=O)N(C6CCC(=O)NC6=O)C7=O)CC5)CC4)CC3)sc2cc1NC(=O)c1cccc(C(F)(F)F)n1. The second kappa shape index (κ2) is 18.1. The van der Waals surface area contributed by atoms with Crippen molar-refractivity contribution in [1.82, 2.24) is 25.1 Å². The number of pyridine rings is 1. The summed E-state index contributed by atoms with van der Waals surface area (Å²) < 4.78 is 40.7. The number of piperidine rings is 2. The molecule has 2 saturated heterocycles. The number of imide groups is 2. The lowest BCUT2D eigenvalue weighted by Crippen LogP contribution is -2.54. The first-order chi connectivity index (χ1) is 31.4. The predicted octanol–water partition coefficient (Wildman–Crippen LogP) is 8.64. The third kappa shape index (κ3) is 9.48. The highest BCUT2D eigenvalue weighted by Gasteiger charge is 2.46. The van der Waals surface area contributed by atoms with Crippen molar-refractivity contribution >= 4 is 62.5 Å². The number of benzene rings is 2. The summed E-state index contributed by atoms with van der Waals surface area (Å²) in [6, 6.07) is 10.9. The molecule has 2 saturated carbocycles. The average Bonchev–Trinajstić information content (AvgIpc) is 3.82. The Morgan fingerprint density at radius 3 is 2.30 bits per heavy atom. The molecule has 5 aliphatic rings. The van der Waals surface area contributed by atoms with Crippen LogP contribution in [0.4, 0.5) is 24.5 Å². The summed E-state index contributed by atoms with van der Waals surface area (Å²) in [4.78, 5) is 76.2. The molecule has 1 unspecified atom stereocenters. The third-order valence-corrected chi connectivity index (χ3v) is 16.0. The lowest BCUT2D eigenvalue weighted by atomic mass is 9.65. The minimum Gasteiger partial charge on any atom is -0.386 e. The van der Waals surface area contributed by atoms with Gasteiger partial charge in [-0.3, -0.25) is 34.2 Å². The lowest BCUT2D eigenvalue weighted by molar-refractivity contribution is -0.141. The van der Waals surface area contributed by atoms with E-state index in [1.807, 2.05) is 6.07 Å². The fourth-order valence-electron chi connectivity index (χ4n) is 11.0. The molecule has 0 radical (unpaired) electrons. The average molecular weight is 928 g/mol. The molecule has 9 rings (SSSR count). The van der Waals surface area contributed by atoms with Crippen LogP contribution in [0.25, 0.3) is 10.2 Å². The molecule has 350 valence electrons. The second-order valence-corrected chi connectivity index (χ2v) is 20.8. The van der Waals surface area contributed by atoms with Gasteiger partial charge in [-0.15, -0.1) is 11.3 Å². The van der Waals surface area contributed by atoms with Gasteiger partial charge in [0.25, 0.3) is 17.7 Å². The van der Waals surface area contributed by atoms with Crippen LogP contribution < -0.4 is 16.0 Å². The monoisotopic (exact) mass is 927 g/mol. The van der Waals surface area contributed by atoms with E-state index in [2.05, 4.69) is 25.8 Å². The van der Waals surface area contributed by atoms with Gasteiger partial charge in [0.05, 0.1) is 32.0 Å². The summed E-state index contributed by atoms with van der Waals surface area (Å²) in [5.41, 5.74) is 0.126. The van der Waals surface area contributed by atoms with Crippen molar-refractivity contribution in [3.63, 3.8) is 0 Å². The number of amides is 5. The first-order valence-corrected chi connectivity index (χ1v) is 24.1. The van der Waals surface area contributed by atoms with Crippen LogP contribution >= 0.6 is 11.3 Å². The van der Waals surface area contributed by atoms with Gasteiger partial charge in [0.15, 0.2) is 0 Å². The maximum Gasteiger partial charge on any atom is 0.433 e. The van der Waals surface area contributed by atoms with Gasteiger partial charge in [0.1, 0.15) is 17.4 Å². The number of carbonyl (C=O) groups excluding carboxylic acids is 5. The first-order valence-electron chi connectivity index (χ1n) is 23.3. The van der Waals surface area contributed by atoms with Gasteiger partial charge in [-0.25, -0.2) is 9.97 Å². The van der Waals surface area contributed by atoms with Crippen LogP contribution in [0.5, 0.6) is 0 Å². The van der Waals surface area contributed by atoms with E-state index in [0.29, 0.717) is 57.7 Å². The Balaban J connectivity index is 0.726. The summed E-state index contributed by atoms with van der Waals surface area (Å²) in [6.07, 6.45) is 8.04. The number of halogens is 3. The van der Waals surface area contributed by atoms with E-state index in [0.717, 1.165) is 78.5 Å². The number of rotatable bonds is 11. The van der Waals surface area contributed by atoms with Gasteiger partial charge in [-0.05, 0) is 158 Å². The van der Waals surface area contributed by atoms with Crippen molar-refractivity contribution in [2.24, 2.45) is 17.3 Å². The van der Waals surface area contributed by atoms with Crippen LogP contribution in [0.3, 0.4) is 0 Å². The molecule has 2 aromatic carbocycles. The number of thiazole rings is 1. The summed E-state index contributed by atoms with van der Waals surface area (Å²) in [5.74, 6) is -1.29. The Labute approximate surface area is 385 Å². The molecular weight excluding hydrogens is 872 g/mol. The fraction of sp³-hybridized carbons (Fsp3) is 0.531. The number of alkyl halides is 3. The number of hydrogen-bond donors (Lipinski definition) is 4. The van der Waals surface area contributed by atoms with Gasteiger partial charge in [0, 0.05) is 42.4 Å². The molecule has 17 heteroatoms. The standard InChI is InChI=1S/C49H56F3N7O6S/c1-47(2,65)32-25-36-38(26-35(32)55-42(61)34-7-4-8-39(54-34)49(50,51)52)66-44(56-36)30-11-9-29(10-12-30)27-58-23-20-48(21-24-58)18-15-28(16-19-48)17-22-53-33-6-3-5-31-41(33)46(64)59(45(31)63)37-13-14-40(60)57-43(37)62/h3-8,25-26,28-30,37,53,65H,9-24,27H2,1-2H3,(H,55,61)(H,57,60,62). The number of likely N-dealkylation sites (tertiary alicyclic amines) is 1. The Morgan fingerprint density at radius 2 is 1.61 bits per heavy atom. The van der Waals surface area contributed by atoms with E-state index in [1.165, 1.54) is 44.6 Å². The van der Waals surface area contributed by atoms with Crippen LogP contribution in [0.15, 0.2) is 48.5 Å². The number of hydrogen-bond acceptors (Lipinski definition) is 11. The van der Waals surface area contributed by atoms with Gasteiger partial charge >= 0.3 is 6.18 Å². The highest BCUT2D eigenvalue weighted by Crippen LogP contribution is 2.48. The molecule has 2 aromatic heterocycles. The second-order valence-electron chi connectivity index (χ2n) is 19.7. The summed E-state index contributed by atoms with van der Waals surface area (Å²) >= 11 is 1.56. The minimum absolute atomic E-state index is 0.0819. The lowest BCUT2D eigenvalue weighted by Gasteiger charge is -2.47. The number of fused-ring (bicyclic) bond motifs is 2. The molecule has 5 amide bonds. The van der Waals surface area contributed by atoms with Crippen molar-refractivity contribution in [3.8, 4) is 0 Å². The Morgan fingerprint density at radius 1 is 0.879 bits per heavy atom. The van der Waals surface area contributed by atoms with Gasteiger partial charge in [-0.1, -0.05) is 12.1 Å². The molecule has 1 atom stereocenters. The molecule has 66 heavy (non-hydrogen) atoms. The van der Waals surface area contributed by atoms with Crippen LogP contribution in [0.2, 0.25) is 0 Å². The Hall–Kier alpha value is -5.26. The molecule has 4 aromatic rings. The van der Waals surface area contributed by atoms with Gasteiger partial charge < -0.3 is 20.6 Å². The maximum atomic E-state index is 13.5. The molecule has 3 aliphatic heterocycles. The zero-order valence-corrected chi connectivity index (χ0v) is 38.1. The van der Waals surface area contributed by atoms with E-state index < -0.39 is 53.0 Å². The molecule has 1 spiro atoms. The predicted molar refractivity (Wildman–Crippen MR) is 243 cm³/mol. The van der Waals surface area contributed by atoms with E-state index in [-0.39, 0.29) is 24.1 Å². The number of nitrogens with one attached hydrogen (secondary N) is 3. The van der Waals surface area contributed by atoms with Crippen LogP contribution in [-0.4, -0.2) is 86.6 Å². The number of aliphatic hydroxyl groups is 1. The van der Waals surface area contributed by atoms with Crippen LogP contribution in [0.1, 0.15) is 151 Å². The number of anilines is 2. The molecule has 13 nitrogen and oxygen atoms in total. The zero-order chi connectivity index (χ0) is 46.5. The topological polar surface area (TPSA) is 174 Å². The largest absolute Gasteiger partial charge is 0.433 e. The Kier molecular flexibility index (Phi) is 12.6. The quantitative estimate of drug-likeness (QED) is 0.107. The highest BCUT2D eigenvalue weighted by atomic mass is 32.1.